The van der Waals surface area contributed by atoms with Crippen LogP contribution in [0.25, 0.3) is 0 Å². The molecule has 6 N–H and O–H groups in total. The zero-order chi connectivity index (χ0) is 15.7. The fourth-order valence-electron chi connectivity index (χ4n) is 1.48. The van der Waals surface area contributed by atoms with Gasteiger partial charge in [0.15, 0.2) is 0 Å². The van der Waals surface area contributed by atoms with E-state index in [4.69, 9.17) is 20.4 Å². The molecular weight excluding hydrogens is 332 g/mol. The van der Waals surface area contributed by atoms with Gasteiger partial charge in [0.2, 0.25) is 0 Å². The van der Waals surface area contributed by atoms with Gasteiger partial charge in [-0.3, -0.25) is 29.0 Å². The minimum atomic E-state index is -1.23. The Morgan fingerprint density at radius 1 is 0.591 bits per heavy atom. The number of carboxylic acids is 4. The van der Waals surface area contributed by atoms with Crippen LogP contribution in [0, 0.1) is 0 Å². The fraction of sp³-hybridized carbons (Fsp3) is 0.600. The average Bonchev–Trinajstić information content (AvgIpc) is 2.22. The summed E-state index contributed by atoms with van der Waals surface area (Å²) in [5.41, 5.74) is 0. The molecule has 0 aliphatic heterocycles. The Bertz CT molecular complexity index is 323. The average molecular weight is 352 g/mol. The third kappa shape index (κ3) is 15.4. The second-order valence-electron chi connectivity index (χ2n) is 4.00. The fourth-order valence-corrected chi connectivity index (χ4v) is 1.48. The third-order valence-corrected chi connectivity index (χ3v) is 2.17. The van der Waals surface area contributed by atoms with E-state index in [1.807, 2.05) is 0 Å². The van der Waals surface area contributed by atoms with Crippen LogP contribution in [0.3, 0.4) is 0 Å². The van der Waals surface area contributed by atoms with E-state index < -0.39 is 50.1 Å². The third-order valence-electron chi connectivity index (χ3n) is 2.17. The van der Waals surface area contributed by atoms with Crippen LogP contribution in [0.2, 0.25) is 0 Å². The normalized spacial score (nSPS) is 9.73. The summed E-state index contributed by atoms with van der Waals surface area (Å²) in [6, 6.07) is 0. The van der Waals surface area contributed by atoms with E-state index in [2.05, 4.69) is 0 Å². The molecule has 0 fully saturated rings. The van der Waals surface area contributed by atoms with E-state index in [-0.39, 0.29) is 56.3 Å². The van der Waals surface area contributed by atoms with Crippen molar-refractivity contribution >= 4 is 61.6 Å². The second kappa shape index (κ2) is 13.7. The summed E-state index contributed by atoms with van der Waals surface area (Å²) < 4.78 is 0. The van der Waals surface area contributed by atoms with Crippen LogP contribution in [-0.2, 0) is 19.2 Å². The Labute approximate surface area is 155 Å². The molecule has 12 heteroatoms. The van der Waals surface area contributed by atoms with Crippen LogP contribution in [0.4, 0.5) is 0 Å². The molecule has 0 aliphatic rings. The first-order valence-corrected chi connectivity index (χ1v) is 5.52. The maximum absolute atomic E-state index is 10.6. The first-order valence-electron chi connectivity index (χ1n) is 5.52. The van der Waals surface area contributed by atoms with E-state index in [9.17, 15) is 19.2 Å². The van der Waals surface area contributed by atoms with Gasteiger partial charge < -0.3 is 25.9 Å². The first kappa shape index (κ1) is 25.9. The molecule has 0 aromatic rings. The van der Waals surface area contributed by atoms with Gasteiger partial charge >= 0.3 is 61.6 Å². The van der Waals surface area contributed by atoms with Crippen LogP contribution < -0.4 is 0 Å². The predicted octanol–water partition coefficient (Wildman–Crippen LogP) is -3.81. The SMILES string of the molecule is O.O=C(O)CN(CCN(CC(=O)O)CC(=O)O)CC(=O)O.[CaH2]. The van der Waals surface area contributed by atoms with Gasteiger partial charge in [-0.2, -0.15) is 0 Å². The van der Waals surface area contributed by atoms with Gasteiger partial charge in [-0.05, 0) is 0 Å². The van der Waals surface area contributed by atoms with Gasteiger partial charge in [-0.15, -0.1) is 0 Å². The minimum absolute atomic E-state index is 0. The molecule has 22 heavy (non-hydrogen) atoms. The van der Waals surface area contributed by atoms with E-state index in [0.29, 0.717) is 0 Å². The molecule has 11 nitrogen and oxygen atoms in total. The van der Waals surface area contributed by atoms with Crippen LogP contribution in [-0.4, -0.2) is 137 Å². The van der Waals surface area contributed by atoms with Crippen LogP contribution in [0.15, 0.2) is 0 Å². The summed E-state index contributed by atoms with van der Waals surface area (Å²) in [4.78, 5) is 44.4. The zero-order valence-electron chi connectivity index (χ0n) is 11.1. The molecular formula is C10H20CaN2O9. The monoisotopic (exact) mass is 352 g/mol. The van der Waals surface area contributed by atoms with Crippen molar-refractivity contribution in [3.63, 3.8) is 0 Å². The number of aliphatic carboxylic acids is 4. The number of rotatable bonds is 11. The van der Waals surface area contributed by atoms with Crippen LogP contribution in [0.5, 0.6) is 0 Å². The van der Waals surface area contributed by atoms with Gasteiger partial charge in [0, 0.05) is 13.1 Å². The summed E-state index contributed by atoms with van der Waals surface area (Å²) >= 11 is 0. The van der Waals surface area contributed by atoms with Crippen molar-refractivity contribution in [1.29, 1.82) is 0 Å². The Balaban J connectivity index is -0.00000180. The number of carbonyl (C=O) groups is 4. The maximum atomic E-state index is 10.6. The van der Waals surface area contributed by atoms with Gasteiger partial charge in [0.05, 0.1) is 26.2 Å². The zero-order valence-corrected chi connectivity index (χ0v) is 11.1. The molecule has 0 unspecified atom stereocenters. The predicted molar refractivity (Wildman–Crippen MR) is 75.6 cm³/mol. The molecule has 0 bridgehead atoms. The molecule has 0 saturated carbocycles. The first-order chi connectivity index (χ1) is 9.20. The number of carboxylic acid groups (broad SMARTS) is 4. The number of nitrogens with zero attached hydrogens (tertiary/aromatic N) is 2. The summed E-state index contributed by atoms with van der Waals surface area (Å²) in [6.07, 6.45) is 0. The molecule has 0 rings (SSSR count). The van der Waals surface area contributed by atoms with Gasteiger partial charge in [0.1, 0.15) is 0 Å². The molecule has 126 valence electrons. The summed E-state index contributed by atoms with van der Waals surface area (Å²) in [7, 11) is 0. The summed E-state index contributed by atoms with van der Waals surface area (Å²) in [6.45, 7) is -2.25. The van der Waals surface area contributed by atoms with E-state index in [1.165, 1.54) is 0 Å². The topological polar surface area (TPSA) is 187 Å². The molecule has 0 atom stereocenters. The molecule has 0 amide bonds. The van der Waals surface area contributed by atoms with E-state index in [0.717, 1.165) is 9.80 Å². The Hall–Kier alpha value is -0.980. The van der Waals surface area contributed by atoms with Crippen molar-refractivity contribution in [3.8, 4) is 0 Å². The molecule has 0 aromatic heterocycles. The van der Waals surface area contributed by atoms with Gasteiger partial charge in [-0.1, -0.05) is 0 Å². The standard InChI is InChI=1S/C10H16N2O8.Ca.H2O.2H/c13-7(14)3-11(4-8(15)16)1-2-12(5-9(17)18)6-10(19)20;;;;/h1-6H2,(H,13,14)(H,15,16)(H,17,18)(H,19,20);;1H2;;. The molecule has 0 aromatic carbocycles. The molecule has 0 saturated heterocycles. The van der Waals surface area contributed by atoms with Crippen molar-refractivity contribution in [1.82, 2.24) is 9.80 Å². The number of hydrogen-bond donors (Lipinski definition) is 4. The molecule has 0 aliphatic carbocycles. The Morgan fingerprint density at radius 2 is 0.773 bits per heavy atom. The Morgan fingerprint density at radius 3 is 0.909 bits per heavy atom. The van der Waals surface area contributed by atoms with Crippen molar-refractivity contribution in [3.05, 3.63) is 0 Å². The molecule has 0 spiro atoms. The van der Waals surface area contributed by atoms with Crippen molar-refractivity contribution in [2.75, 3.05) is 39.3 Å². The van der Waals surface area contributed by atoms with Gasteiger partial charge in [-0.25, -0.2) is 0 Å². The van der Waals surface area contributed by atoms with Crippen molar-refractivity contribution in [2.45, 2.75) is 0 Å². The molecule has 0 radical (unpaired) electrons. The quantitative estimate of drug-likeness (QED) is 0.268. The van der Waals surface area contributed by atoms with Gasteiger partial charge in [0.25, 0.3) is 0 Å². The Kier molecular flexibility index (Phi) is 16.1. The summed E-state index contributed by atoms with van der Waals surface area (Å²) in [5.74, 6) is -4.91. The number of hydrogen-bond acceptors (Lipinski definition) is 6. The van der Waals surface area contributed by atoms with Crippen molar-refractivity contribution in [2.24, 2.45) is 0 Å². The summed E-state index contributed by atoms with van der Waals surface area (Å²) in [5, 5.41) is 34.5. The second-order valence-corrected chi connectivity index (χ2v) is 4.00. The van der Waals surface area contributed by atoms with Crippen molar-refractivity contribution < 1.29 is 45.1 Å². The van der Waals surface area contributed by atoms with E-state index in [1.54, 1.807) is 0 Å². The molecule has 0 heterocycles. The van der Waals surface area contributed by atoms with Crippen LogP contribution in [0.1, 0.15) is 0 Å². The van der Waals surface area contributed by atoms with E-state index >= 15 is 0 Å². The van der Waals surface area contributed by atoms with Crippen LogP contribution >= 0.6 is 0 Å².